The number of nitrogens with one attached hydrogen (secondary N) is 2. The Balaban J connectivity index is 0.000000297. The van der Waals surface area contributed by atoms with Crippen molar-refractivity contribution in [1.29, 1.82) is 0 Å². The number of likely N-dealkylation sites (N-methyl/N-ethyl adjacent to an activating group) is 3. The van der Waals surface area contributed by atoms with Gasteiger partial charge in [0.1, 0.15) is 80.0 Å². The Morgan fingerprint density at radius 1 is 0.539 bits per heavy atom. The van der Waals surface area contributed by atoms with Crippen LogP contribution >= 0.6 is 46.4 Å². The number of hydrogen-bond donors (Lipinski definition) is 2. The molecule has 2 saturated heterocycles. The Labute approximate surface area is 611 Å². The van der Waals surface area contributed by atoms with Gasteiger partial charge in [-0.3, -0.25) is 33.8 Å². The van der Waals surface area contributed by atoms with Crippen molar-refractivity contribution >= 4 is 134 Å². The monoisotopic (exact) mass is 1480 g/mol. The number of halogens is 4. The van der Waals surface area contributed by atoms with Gasteiger partial charge < -0.3 is 58.7 Å². The van der Waals surface area contributed by atoms with E-state index in [0.717, 1.165) is 40.9 Å². The third-order valence-electron chi connectivity index (χ3n) is 15.7. The Morgan fingerprint density at radius 2 is 0.971 bits per heavy atom. The van der Waals surface area contributed by atoms with Gasteiger partial charge in [-0.15, -0.1) is 0 Å². The van der Waals surface area contributed by atoms with Crippen LogP contribution in [0.25, 0.3) is 0 Å². The zero-order valence-electron chi connectivity index (χ0n) is 59.2. The highest BCUT2D eigenvalue weighted by Crippen LogP contribution is 2.47. The van der Waals surface area contributed by atoms with E-state index in [4.69, 9.17) is 74.8 Å². The summed E-state index contributed by atoms with van der Waals surface area (Å²) in [5, 5.41) is 5.51. The van der Waals surface area contributed by atoms with E-state index in [2.05, 4.69) is 53.5 Å². The first-order valence-corrected chi connectivity index (χ1v) is 33.2. The van der Waals surface area contributed by atoms with E-state index in [-0.39, 0.29) is 96.4 Å². The number of methoxy groups -OCH3 is 4. The van der Waals surface area contributed by atoms with Gasteiger partial charge in [-0.2, -0.15) is 4.90 Å². The molecule has 544 valence electrons. The number of carbonyl (C=O) groups excluding carboxylic acids is 8. The van der Waals surface area contributed by atoms with E-state index in [9.17, 15) is 38.4 Å². The van der Waals surface area contributed by atoms with Crippen LogP contribution in [0.15, 0.2) is 98.6 Å². The molecule has 32 heteroatoms. The summed E-state index contributed by atoms with van der Waals surface area (Å²) < 4.78 is 32.8. The number of piperazine rings is 2. The number of imide groups is 1. The van der Waals surface area contributed by atoms with Gasteiger partial charge in [-0.1, -0.05) is 65.6 Å². The molecule has 2 aliphatic rings. The van der Waals surface area contributed by atoms with Crippen molar-refractivity contribution in [3.05, 3.63) is 147 Å². The Kier molecular flexibility index (Phi) is 27.0. The highest BCUT2D eigenvalue weighted by atomic mass is 35.5. The molecule has 2 fully saturated rings. The normalized spacial score (nSPS) is 13.2. The minimum Gasteiger partial charge on any atom is -0.495 e. The highest BCUT2D eigenvalue weighted by Gasteiger charge is 2.38. The van der Waals surface area contributed by atoms with Crippen molar-refractivity contribution in [3.8, 4) is 23.0 Å². The first kappa shape index (κ1) is 79.5. The fraction of sp³-hybridized carbons (Fsp3) is 0.371. The van der Waals surface area contributed by atoms with Gasteiger partial charge in [-0.25, -0.2) is 39.2 Å². The quantitative estimate of drug-likeness (QED) is 0.0712. The molecule has 4 heterocycles. The molecule has 0 bridgehead atoms. The van der Waals surface area contributed by atoms with Gasteiger partial charge >= 0.3 is 18.2 Å². The minimum atomic E-state index is -1.15. The van der Waals surface area contributed by atoms with E-state index in [1.165, 1.54) is 83.1 Å². The Hall–Kier alpha value is -9.84. The first-order chi connectivity index (χ1) is 48.2. The van der Waals surface area contributed by atoms with Crippen molar-refractivity contribution in [2.75, 3.05) is 139 Å². The molecule has 0 atom stereocenters. The van der Waals surface area contributed by atoms with Crippen molar-refractivity contribution in [1.82, 2.24) is 39.5 Å². The van der Waals surface area contributed by atoms with E-state index in [1.54, 1.807) is 88.7 Å². The number of benzene rings is 4. The summed E-state index contributed by atoms with van der Waals surface area (Å²) in [5.41, 5.74) is 0.570. The Morgan fingerprint density at radius 3 is 1.45 bits per heavy atom. The van der Waals surface area contributed by atoms with Crippen molar-refractivity contribution < 1.29 is 66.8 Å². The number of urea groups is 1. The maximum absolute atomic E-state index is 14.5. The van der Waals surface area contributed by atoms with Gasteiger partial charge in [0.05, 0.1) is 62.0 Å². The second kappa shape index (κ2) is 34.7. The number of nitrogens with zero attached hydrogens (tertiary/aromatic N) is 12. The Bertz CT molecular complexity index is 4120. The van der Waals surface area contributed by atoms with Crippen molar-refractivity contribution in [2.45, 2.75) is 65.6 Å². The van der Waals surface area contributed by atoms with Gasteiger partial charge in [0.2, 0.25) is 17.7 Å². The van der Waals surface area contributed by atoms with Crippen LogP contribution < -0.4 is 49.2 Å². The molecule has 6 aromatic rings. The molecule has 2 aromatic heterocycles. The largest absolute Gasteiger partial charge is 0.495 e. The molecule has 2 N–H and O–H groups in total. The fourth-order valence-electron chi connectivity index (χ4n) is 10.2. The molecule has 0 saturated carbocycles. The predicted molar refractivity (Wildman–Crippen MR) is 391 cm³/mol. The lowest BCUT2D eigenvalue weighted by Gasteiger charge is -2.33. The molecule has 0 radical (unpaired) electrons. The fourth-order valence-corrected chi connectivity index (χ4v) is 11.5. The number of anilines is 7. The molecule has 0 spiro atoms. The average Bonchev–Trinajstić information content (AvgIpc) is 0.777. The minimum absolute atomic E-state index is 0.0369. The molecule has 28 nitrogen and oxygen atoms in total. The van der Waals surface area contributed by atoms with E-state index in [0.29, 0.717) is 84.0 Å². The third-order valence-corrected chi connectivity index (χ3v) is 17.3. The number of hydrogen-bond acceptors (Lipinski definition) is 20. The lowest BCUT2D eigenvalue weighted by Crippen LogP contribution is -2.48. The highest BCUT2D eigenvalue weighted by molar-refractivity contribution is 6.43. The molecule has 8 rings (SSSR count). The molecule has 2 aliphatic heterocycles. The predicted octanol–water partition coefficient (Wildman–Crippen LogP) is 11.5. The maximum Gasteiger partial charge on any atom is 0.423 e. The summed E-state index contributed by atoms with van der Waals surface area (Å²) in [4.78, 5) is 137. The smallest absolute Gasteiger partial charge is 0.423 e. The summed E-state index contributed by atoms with van der Waals surface area (Å²) in [7, 11) is 12.5. The molecule has 4 aromatic carbocycles. The number of amides is 9. The second-order valence-electron chi connectivity index (χ2n) is 25.2. The maximum atomic E-state index is 14.5. The van der Waals surface area contributed by atoms with Crippen LogP contribution in [-0.2, 0) is 36.7 Å². The van der Waals surface area contributed by atoms with Gasteiger partial charge in [-0.05, 0) is 104 Å². The number of aromatic nitrogens is 4. The van der Waals surface area contributed by atoms with Crippen LogP contribution in [0, 0.1) is 0 Å². The van der Waals surface area contributed by atoms with Crippen LogP contribution in [0.3, 0.4) is 0 Å². The summed E-state index contributed by atoms with van der Waals surface area (Å²) in [6, 6.07) is 14.5. The number of ether oxygens (including phenoxy) is 6. The van der Waals surface area contributed by atoms with Crippen LogP contribution in [0.2, 0.25) is 20.1 Å². The lowest BCUT2D eigenvalue weighted by molar-refractivity contribution is -0.117. The van der Waals surface area contributed by atoms with Crippen LogP contribution in [0.1, 0.15) is 79.1 Å². The molecule has 0 unspecified atom stereocenters. The first-order valence-electron chi connectivity index (χ1n) is 31.7. The van der Waals surface area contributed by atoms with E-state index in [1.807, 2.05) is 14.1 Å². The van der Waals surface area contributed by atoms with Crippen LogP contribution in [-0.4, -0.2) is 207 Å². The topological polar surface area (TPSA) is 293 Å². The van der Waals surface area contributed by atoms with Crippen LogP contribution in [0.5, 0.6) is 23.0 Å². The average molecular weight is 1490 g/mol. The SMILES string of the molecule is C=CC(=O)Nc1cc(C(=O)N2CCN(C)CC2)ccc1Cc1cc(N(C)C(=O)Cc2c(Cl)c(OC)cc(OC)c2Cl)ncn1.C=CC(=O)Nc1cc(C(=O)N2CCN(C)CC2)ccc1N(C(=O)OC(C)(C)C)c1cc(N(C)C(=O)N(C(=O)OC(C)(C)C)c2c(Cl)c(OC)cc(OC)c2Cl)ncn1. The second-order valence-corrected chi connectivity index (χ2v) is 26.7. The molecular formula is C70H82Cl4N14O14. The molecule has 9 amide bonds. The zero-order valence-corrected chi connectivity index (χ0v) is 62.2. The third kappa shape index (κ3) is 19.8. The van der Waals surface area contributed by atoms with Crippen molar-refractivity contribution in [2.24, 2.45) is 0 Å². The summed E-state index contributed by atoms with van der Waals surface area (Å²) >= 11 is 26.3. The zero-order chi connectivity index (χ0) is 75.2. The van der Waals surface area contributed by atoms with E-state index >= 15 is 0 Å². The van der Waals surface area contributed by atoms with E-state index < -0.39 is 41.2 Å². The van der Waals surface area contributed by atoms with Gasteiger partial charge in [0, 0.05) is 120 Å². The van der Waals surface area contributed by atoms with Gasteiger partial charge in [0.25, 0.3) is 11.8 Å². The molecular weight excluding hydrogens is 1400 g/mol. The summed E-state index contributed by atoms with van der Waals surface area (Å²) in [5.74, 6) is -0.913. The molecule has 102 heavy (non-hydrogen) atoms. The molecule has 0 aliphatic carbocycles. The van der Waals surface area contributed by atoms with Gasteiger partial charge in [0.15, 0.2) is 0 Å². The number of carbonyl (C=O) groups is 8. The van der Waals surface area contributed by atoms with Crippen LogP contribution in [0.4, 0.5) is 54.6 Å². The summed E-state index contributed by atoms with van der Waals surface area (Å²) in [6.07, 6.45) is 2.70. The summed E-state index contributed by atoms with van der Waals surface area (Å²) in [6.45, 7) is 22.1. The number of rotatable bonds is 19. The lowest BCUT2D eigenvalue weighted by atomic mass is 10.0. The standard InChI is InChI=1S/C39H48Cl2N8O9.C31H34Cl2N6O5/c1-12-30(50)44-24-19-23(34(51)47-17-15-45(8)16-18-47)13-14-25(24)48(36(53)57-38(2,3)4)29-21-28(42-22-43-29)46(9)35(52)49(37(54)58-39(5,6)7)33-31(40)26(55-10)20-27(56-11)32(33)41;1-6-27(40)36-23-14-20(31(42)39-11-9-37(2)10-12-39)8-7-19(23)13-21-15-26(35-18-34-21)38(3)28(41)16-22-29(32)24(43-4)17-25(44-5)30(22)33/h12-14,19-22H,1,15-18H2,2-11H3,(H,44,50);6-8,14-15,17-18H,1,9-13,16H2,2-5H3,(H,36,40). The van der Waals surface area contributed by atoms with Crippen molar-refractivity contribution in [3.63, 3.8) is 0 Å².